The maximum atomic E-state index is 11.0. The van der Waals surface area contributed by atoms with Gasteiger partial charge in [0.1, 0.15) is 0 Å². The molecule has 2 rings (SSSR count). The van der Waals surface area contributed by atoms with Gasteiger partial charge in [-0.05, 0) is 30.7 Å². The molecule has 6 heteroatoms. The van der Waals surface area contributed by atoms with E-state index in [1.54, 1.807) is 23.6 Å². The van der Waals surface area contributed by atoms with E-state index in [4.69, 9.17) is 17.3 Å². The van der Waals surface area contributed by atoms with E-state index in [9.17, 15) is 9.90 Å². The third-order valence-electron chi connectivity index (χ3n) is 3.22. The van der Waals surface area contributed by atoms with Crippen molar-refractivity contribution in [3.63, 3.8) is 0 Å². The summed E-state index contributed by atoms with van der Waals surface area (Å²) in [4.78, 5) is 12.0. The van der Waals surface area contributed by atoms with Crippen molar-refractivity contribution in [1.82, 2.24) is 5.32 Å². The Morgan fingerprint density at radius 2 is 2.10 bits per heavy atom. The van der Waals surface area contributed by atoms with Gasteiger partial charge in [0.2, 0.25) is 5.91 Å². The van der Waals surface area contributed by atoms with Gasteiger partial charge in [0.25, 0.3) is 0 Å². The van der Waals surface area contributed by atoms with Crippen LogP contribution in [-0.4, -0.2) is 17.1 Å². The van der Waals surface area contributed by atoms with Crippen LogP contribution in [0.2, 0.25) is 5.02 Å². The van der Waals surface area contributed by atoms with E-state index in [2.05, 4.69) is 5.32 Å². The Bertz CT molecular complexity index is 612. The third kappa shape index (κ3) is 4.28. The monoisotopic (exact) mass is 324 g/mol. The van der Waals surface area contributed by atoms with Crippen LogP contribution in [0.15, 0.2) is 35.7 Å². The second kappa shape index (κ2) is 7.04. The zero-order valence-corrected chi connectivity index (χ0v) is 13.1. The molecule has 21 heavy (non-hydrogen) atoms. The van der Waals surface area contributed by atoms with Crippen molar-refractivity contribution in [2.45, 2.75) is 25.6 Å². The minimum Gasteiger partial charge on any atom is -0.387 e. The van der Waals surface area contributed by atoms with Crippen molar-refractivity contribution in [3.8, 4) is 0 Å². The standard InChI is InChI=1S/C15H17ClN2O2S/c1-9(14(19)10-2-4-12(16)5-3-10)18-7-13-6-11(8-21-13)15(17)20/h2-6,8-9,14,18-19H,7H2,1H3,(H2,17,20). The maximum Gasteiger partial charge on any atom is 0.249 e. The van der Waals surface area contributed by atoms with Crippen molar-refractivity contribution in [3.05, 3.63) is 56.7 Å². The quantitative estimate of drug-likeness (QED) is 0.764. The molecule has 1 aromatic heterocycles. The van der Waals surface area contributed by atoms with E-state index in [0.717, 1.165) is 10.4 Å². The van der Waals surface area contributed by atoms with Crippen LogP contribution in [0.4, 0.5) is 0 Å². The lowest BCUT2D eigenvalue weighted by Crippen LogP contribution is -2.31. The van der Waals surface area contributed by atoms with E-state index in [1.807, 2.05) is 19.1 Å². The molecule has 112 valence electrons. The second-order valence-electron chi connectivity index (χ2n) is 4.83. The summed E-state index contributed by atoms with van der Waals surface area (Å²) in [6.45, 7) is 2.48. The summed E-state index contributed by atoms with van der Waals surface area (Å²) in [5.41, 5.74) is 6.54. The highest BCUT2D eigenvalue weighted by molar-refractivity contribution is 7.10. The highest BCUT2D eigenvalue weighted by Crippen LogP contribution is 2.20. The largest absolute Gasteiger partial charge is 0.387 e. The molecular formula is C15H17ClN2O2S. The van der Waals surface area contributed by atoms with Crippen LogP contribution in [0.25, 0.3) is 0 Å². The number of carbonyl (C=O) groups is 1. The summed E-state index contributed by atoms with van der Waals surface area (Å²) >= 11 is 7.30. The van der Waals surface area contributed by atoms with Gasteiger partial charge in [0.15, 0.2) is 0 Å². The molecule has 0 saturated carbocycles. The first-order chi connectivity index (χ1) is 9.97. The lowest BCUT2D eigenvalue weighted by molar-refractivity contribution is 0.100. The van der Waals surface area contributed by atoms with E-state index < -0.39 is 12.0 Å². The molecule has 1 heterocycles. The number of aliphatic hydroxyl groups is 1. The smallest absolute Gasteiger partial charge is 0.249 e. The van der Waals surface area contributed by atoms with E-state index in [1.165, 1.54) is 11.3 Å². The summed E-state index contributed by atoms with van der Waals surface area (Å²) in [5, 5.41) is 15.9. The number of halogens is 1. The molecule has 0 bridgehead atoms. The summed E-state index contributed by atoms with van der Waals surface area (Å²) < 4.78 is 0. The van der Waals surface area contributed by atoms with Gasteiger partial charge in [-0.15, -0.1) is 11.3 Å². The lowest BCUT2D eigenvalue weighted by Gasteiger charge is -2.20. The topological polar surface area (TPSA) is 75.3 Å². The van der Waals surface area contributed by atoms with Crippen molar-refractivity contribution in [2.24, 2.45) is 5.73 Å². The minimum atomic E-state index is -0.627. The second-order valence-corrected chi connectivity index (χ2v) is 6.26. The fourth-order valence-electron chi connectivity index (χ4n) is 1.92. The van der Waals surface area contributed by atoms with Gasteiger partial charge in [-0.2, -0.15) is 0 Å². The summed E-state index contributed by atoms with van der Waals surface area (Å²) in [7, 11) is 0. The SMILES string of the molecule is CC(NCc1cc(C(N)=O)cs1)C(O)c1ccc(Cl)cc1. The number of rotatable bonds is 6. The van der Waals surface area contributed by atoms with E-state index in [-0.39, 0.29) is 6.04 Å². The molecule has 0 aliphatic heterocycles. The Morgan fingerprint density at radius 1 is 1.43 bits per heavy atom. The lowest BCUT2D eigenvalue weighted by atomic mass is 10.0. The van der Waals surface area contributed by atoms with Crippen LogP contribution in [0.1, 0.15) is 33.8 Å². The zero-order valence-electron chi connectivity index (χ0n) is 11.5. The van der Waals surface area contributed by atoms with Crippen LogP contribution in [0.5, 0.6) is 0 Å². The fraction of sp³-hybridized carbons (Fsp3) is 0.267. The Morgan fingerprint density at radius 3 is 2.67 bits per heavy atom. The fourth-order valence-corrected chi connectivity index (χ4v) is 2.87. The average molecular weight is 325 g/mol. The van der Waals surface area contributed by atoms with Crippen LogP contribution >= 0.6 is 22.9 Å². The Balaban J connectivity index is 1.92. The molecule has 4 N–H and O–H groups in total. The minimum absolute atomic E-state index is 0.134. The van der Waals surface area contributed by atoms with Gasteiger partial charge in [0.05, 0.1) is 11.7 Å². The molecule has 0 aliphatic rings. The third-order valence-corrected chi connectivity index (χ3v) is 4.41. The molecule has 0 saturated heterocycles. The first-order valence-corrected chi connectivity index (χ1v) is 7.77. The van der Waals surface area contributed by atoms with E-state index >= 15 is 0 Å². The van der Waals surface area contributed by atoms with Crippen LogP contribution in [-0.2, 0) is 6.54 Å². The van der Waals surface area contributed by atoms with Gasteiger partial charge < -0.3 is 16.2 Å². The number of nitrogens with two attached hydrogens (primary N) is 1. The number of amides is 1. The molecule has 4 nitrogen and oxygen atoms in total. The molecule has 1 aromatic carbocycles. The van der Waals surface area contributed by atoms with Gasteiger partial charge >= 0.3 is 0 Å². The summed E-state index contributed by atoms with van der Waals surface area (Å²) in [6, 6.07) is 8.76. The number of hydrogen-bond acceptors (Lipinski definition) is 4. The molecular weight excluding hydrogens is 308 g/mol. The van der Waals surface area contributed by atoms with Gasteiger partial charge in [-0.1, -0.05) is 23.7 Å². The number of aliphatic hydroxyl groups excluding tert-OH is 1. The zero-order chi connectivity index (χ0) is 15.4. The number of primary amides is 1. The molecule has 0 fully saturated rings. The van der Waals surface area contributed by atoms with Gasteiger partial charge in [0, 0.05) is 27.9 Å². The molecule has 2 unspecified atom stereocenters. The predicted octanol–water partition coefficient (Wildman–Crippen LogP) is 2.71. The first-order valence-electron chi connectivity index (χ1n) is 6.51. The van der Waals surface area contributed by atoms with Crippen LogP contribution < -0.4 is 11.1 Å². The van der Waals surface area contributed by atoms with Gasteiger partial charge in [-0.3, -0.25) is 4.79 Å². The number of hydrogen-bond donors (Lipinski definition) is 3. The average Bonchev–Trinajstić information content (AvgIpc) is 2.94. The molecule has 0 aliphatic carbocycles. The molecule has 2 aromatic rings. The molecule has 1 amide bonds. The Labute approximate surface area is 132 Å². The van der Waals surface area contributed by atoms with E-state index in [0.29, 0.717) is 17.1 Å². The predicted molar refractivity (Wildman–Crippen MR) is 85.6 cm³/mol. The van der Waals surface area contributed by atoms with Crippen molar-refractivity contribution in [2.75, 3.05) is 0 Å². The van der Waals surface area contributed by atoms with Crippen molar-refractivity contribution >= 4 is 28.8 Å². The van der Waals surface area contributed by atoms with Crippen molar-refractivity contribution in [1.29, 1.82) is 0 Å². The van der Waals surface area contributed by atoms with Crippen molar-refractivity contribution < 1.29 is 9.90 Å². The van der Waals surface area contributed by atoms with Gasteiger partial charge in [-0.25, -0.2) is 0 Å². The molecule has 2 atom stereocenters. The summed E-state index contributed by atoms with van der Waals surface area (Å²) in [6.07, 6.45) is -0.627. The normalized spacial score (nSPS) is 13.9. The van der Waals surface area contributed by atoms with Crippen LogP contribution in [0.3, 0.4) is 0 Å². The maximum absolute atomic E-state index is 11.0. The summed E-state index contributed by atoms with van der Waals surface area (Å²) in [5.74, 6) is -0.424. The highest BCUT2D eigenvalue weighted by atomic mass is 35.5. The molecule has 0 spiro atoms. The highest BCUT2D eigenvalue weighted by Gasteiger charge is 2.16. The number of benzene rings is 1. The Kier molecular flexibility index (Phi) is 5.36. The number of nitrogens with one attached hydrogen (secondary N) is 1. The van der Waals surface area contributed by atoms with Crippen LogP contribution in [0, 0.1) is 0 Å². The molecule has 0 radical (unpaired) electrons. The first kappa shape index (κ1) is 16.0. The number of thiophene rings is 1. The Hall–Kier alpha value is -1.40. The number of carbonyl (C=O) groups excluding carboxylic acids is 1.